The lowest BCUT2D eigenvalue weighted by atomic mass is 10.2. The van der Waals surface area contributed by atoms with Crippen LogP contribution in [0.5, 0.6) is 0 Å². The van der Waals surface area contributed by atoms with Gasteiger partial charge in [-0.2, -0.15) is 9.57 Å². The van der Waals surface area contributed by atoms with E-state index in [9.17, 15) is 8.42 Å². The number of nitriles is 1. The maximum atomic E-state index is 12.5. The van der Waals surface area contributed by atoms with Crippen molar-refractivity contribution in [2.45, 2.75) is 44.7 Å². The Kier molecular flexibility index (Phi) is 4.49. The molecule has 1 rings (SSSR count). The van der Waals surface area contributed by atoms with Crippen LogP contribution in [-0.4, -0.2) is 24.8 Å². The second-order valence-electron chi connectivity index (χ2n) is 4.66. The van der Waals surface area contributed by atoms with Crippen LogP contribution >= 0.6 is 0 Å². The average Bonchev–Trinajstić information content (AvgIpc) is 2.27. The lowest BCUT2D eigenvalue weighted by Crippen LogP contribution is -2.41. The van der Waals surface area contributed by atoms with Crippen LogP contribution < -0.4 is 0 Å². The first-order valence-corrected chi connectivity index (χ1v) is 7.28. The number of sulfonamides is 1. The van der Waals surface area contributed by atoms with Crippen molar-refractivity contribution in [3.05, 3.63) is 29.8 Å². The van der Waals surface area contributed by atoms with Crippen molar-refractivity contribution < 1.29 is 8.42 Å². The van der Waals surface area contributed by atoms with E-state index in [1.165, 1.54) is 28.6 Å². The molecule has 0 radical (unpaired) electrons. The molecular formula is C13H18N2O2S. The van der Waals surface area contributed by atoms with Crippen LogP contribution in [0.1, 0.15) is 33.3 Å². The minimum atomic E-state index is -3.50. The first-order chi connectivity index (χ1) is 8.30. The minimum absolute atomic E-state index is 0.106. The van der Waals surface area contributed by atoms with Crippen molar-refractivity contribution in [2.75, 3.05) is 0 Å². The molecule has 0 saturated heterocycles. The Hall–Kier alpha value is -1.38. The summed E-state index contributed by atoms with van der Waals surface area (Å²) in [6.07, 6.45) is 0. The van der Waals surface area contributed by atoms with E-state index in [1.54, 1.807) is 0 Å². The zero-order valence-corrected chi connectivity index (χ0v) is 11.9. The molecule has 4 nitrogen and oxygen atoms in total. The van der Waals surface area contributed by atoms with Crippen LogP contribution in [0, 0.1) is 11.3 Å². The number of hydrogen-bond acceptors (Lipinski definition) is 3. The molecule has 0 amide bonds. The highest BCUT2D eigenvalue weighted by Crippen LogP contribution is 2.21. The predicted octanol–water partition coefficient (Wildman–Crippen LogP) is 2.37. The summed E-state index contributed by atoms with van der Waals surface area (Å²) in [5.74, 6) is 0. The molecule has 0 spiro atoms. The number of nitrogens with zero attached hydrogens (tertiary/aromatic N) is 2. The van der Waals surface area contributed by atoms with E-state index in [0.717, 1.165) is 0 Å². The van der Waals surface area contributed by atoms with Gasteiger partial charge in [0, 0.05) is 12.1 Å². The van der Waals surface area contributed by atoms with E-state index in [1.807, 2.05) is 33.8 Å². The van der Waals surface area contributed by atoms with Gasteiger partial charge in [0.05, 0.1) is 16.5 Å². The van der Waals surface area contributed by atoms with Gasteiger partial charge >= 0.3 is 0 Å². The maximum Gasteiger partial charge on any atom is 0.243 e. The number of hydrogen-bond donors (Lipinski definition) is 0. The molecule has 0 aromatic heterocycles. The lowest BCUT2D eigenvalue weighted by Gasteiger charge is -2.29. The van der Waals surface area contributed by atoms with Gasteiger partial charge in [0.25, 0.3) is 0 Å². The summed E-state index contributed by atoms with van der Waals surface area (Å²) in [7, 11) is -3.50. The molecule has 0 N–H and O–H groups in total. The Morgan fingerprint density at radius 1 is 1.06 bits per heavy atom. The summed E-state index contributed by atoms with van der Waals surface area (Å²) in [4.78, 5) is 0.226. The van der Waals surface area contributed by atoms with Crippen LogP contribution in [0.3, 0.4) is 0 Å². The monoisotopic (exact) mass is 266 g/mol. The fourth-order valence-corrected chi connectivity index (χ4v) is 3.81. The maximum absolute atomic E-state index is 12.5. The van der Waals surface area contributed by atoms with Crippen LogP contribution in [0.2, 0.25) is 0 Å². The summed E-state index contributed by atoms with van der Waals surface area (Å²) in [6.45, 7) is 7.39. The van der Waals surface area contributed by atoms with Crippen LogP contribution in [0.15, 0.2) is 29.2 Å². The highest BCUT2D eigenvalue weighted by Gasteiger charge is 2.29. The van der Waals surface area contributed by atoms with E-state index in [0.29, 0.717) is 5.56 Å². The van der Waals surface area contributed by atoms with E-state index >= 15 is 0 Å². The third-order valence-corrected chi connectivity index (χ3v) is 4.84. The zero-order valence-electron chi connectivity index (χ0n) is 11.1. The summed E-state index contributed by atoms with van der Waals surface area (Å²) < 4.78 is 26.4. The summed E-state index contributed by atoms with van der Waals surface area (Å²) in [5.41, 5.74) is 0.453. The molecule has 18 heavy (non-hydrogen) atoms. The van der Waals surface area contributed by atoms with Gasteiger partial charge in [-0.1, -0.05) is 0 Å². The molecular weight excluding hydrogens is 248 g/mol. The Labute approximate surface area is 109 Å². The Balaban J connectivity index is 3.23. The molecule has 0 fully saturated rings. The number of rotatable bonds is 4. The van der Waals surface area contributed by atoms with Gasteiger partial charge in [-0.05, 0) is 52.0 Å². The van der Waals surface area contributed by atoms with E-state index in [4.69, 9.17) is 5.26 Å². The lowest BCUT2D eigenvalue weighted by molar-refractivity contribution is 0.302. The smallest absolute Gasteiger partial charge is 0.207 e. The first-order valence-electron chi connectivity index (χ1n) is 5.84. The van der Waals surface area contributed by atoms with Gasteiger partial charge in [-0.3, -0.25) is 0 Å². The molecule has 0 aliphatic carbocycles. The molecule has 5 heteroatoms. The summed E-state index contributed by atoms with van der Waals surface area (Å²) in [5, 5.41) is 8.71. The summed E-state index contributed by atoms with van der Waals surface area (Å²) in [6, 6.07) is 7.75. The highest BCUT2D eigenvalue weighted by molar-refractivity contribution is 7.89. The van der Waals surface area contributed by atoms with Crippen LogP contribution in [-0.2, 0) is 10.0 Å². The second-order valence-corrected chi connectivity index (χ2v) is 6.50. The largest absolute Gasteiger partial charge is 0.243 e. The predicted molar refractivity (Wildman–Crippen MR) is 70.5 cm³/mol. The molecule has 0 aliphatic heterocycles. The Morgan fingerprint density at radius 2 is 1.50 bits per heavy atom. The van der Waals surface area contributed by atoms with Crippen LogP contribution in [0.25, 0.3) is 0 Å². The summed E-state index contributed by atoms with van der Waals surface area (Å²) >= 11 is 0. The van der Waals surface area contributed by atoms with Gasteiger partial charge in [-0.25, -0.2) is 8.42 Å². The molecule has 0 aliphatic rings. The quantitative estimate of drug-likeness (QED) is 0.840. The Bertz CT molecular complexity index is 531. The normalized spacial score (nSPS) is 12.1. The molecule has 0 heterocycles. The average molecular weight is 266 g/mol. The van der Waals surface area contributed by atoms with E-state index in [-0.39, 0.29) is 17.0 Å². The molecule has 0 atom stereocenters. The second kappa shape index (κ2) is 5.51. The highest BCUT2D eigenvalue weighted by atomic mass is 32.2. The molecule has 0 bridgehead atoms. The minimum Gasteiger partial charge on any atom is -0.207 e. The Morgan fingerprint density at radius 3 is 1.83 bits per heavy atom. The van der Waals surface area contributed by atoms with Gasteiger partial charge in [0.1, 0.15) is 0 Å². The van der Waals surface area contributed by atoms with Crippen molar-refractivity contribution >= 4 is 10.0 Å². The van der Waals surface area contributed by atoms with Crippen molar-refractivity contribution in [1.29, 1.82) is 5.26 Å². The van der Waals surface area contributed by atoms with Crippen molar-refractivity contribution in [2.24, 2.45) is 0 Å². The SMILES string of the molecule is CC(C)N(C(C)C)S(=O)(=O)c1ccc(C#N)cc1. The molecule has 0 saturated carbocycles. The van der Waals surface area contributed by atoms with Crippen molar-refractivity contribution in [1.82, 2.24) is 4.31 Å². The van der Waals surface area contributed by atoms with E-state index < -0.39 is 10.0 Å². The first kappa shape index (κ1) is 14.7. The zero-order chi connectivity index (χ0) is 13.9. The molecule has 1 aromatic carbocycles. The fraction of sp³-hybridized carbons (Fsp3) is 0.462. The van der Waals surface area contributed by atoms with E-state index in [2.05, 4.69) is 0 Å². The molecule has 0 unspecified atom stereocenters. The molecule has 98 valence electrons. The van der Waals surface area contributed by atoms with Gasteiger partial charge in [0.15, 0.2) is 0 Å². The van der Waals surface area contributed by atoms with Crippen LogP contribution in [0.4, 0.5) is 0 Å². The topological polar surface area (TPSA) is 61.2 Å². The van der Waals surface area contributed by atoms with Crippen molar-refractivity contribution in [3.8, 4) is 6.07 Å². The fourth-order valence-electron chi connectivity index (χ4n) is 1.97. The van der Waals surface area contributed by atoms with Gasteiger partial charge in [0.2, 0.25) is 10.0 Å². The molecule has 1 aromatic rings. The van der Waals surface area contributed by atoms with Crippen molar-refractivity contribution in [3.63, 3.8) is 0 Å². The van der Waals surface area contributed by atoms with Gasteiger partial charge in [-0.15, -0.1) is 0 Å². The standard InChI is InChI=1S/C13H18N2O2S/c1-10(2)15(11(3)4)18(16,17)13-7-5-12(9-14)6-8-13/h5-8,10-11H,1-4H3. The number of benzene rings is 1. The third-order valence-electron chi connectivity index (χ3n) is 2.58. The van der Waals surface area contributed by atoms with Gasteiger partial charge < -0.3 is 0 Å². The third kappa shape index (κ3) is 2.89.